The molecule has 1 aromatic heterocycles. The van der Waals surface area contributed by atoms with E-state index >= 15 is 0 Å². The van der Waals surface area contributed by atoms with Crippen LogP contribution in [0.25, 0.3) is 6.08 Å². The van der Waals surface area contributed by atoms with Crippen LogP contribution < -0.4 is 5.32 Å². The van der Waals surface area contributed by atoms with Gasteiger partial charge in [0.25, 0.3) is 0 Å². The Labute approximate surface area is 126 Å². The molecule has 0 unspecified atom stereocenters. The maximum absolute atomic E-state index is 11.9. The summed E-state index contributed by atoms with van der Waals surface area (Å²) in [6.07, 6.45) is 3.10. The fourth-order valence-corrected chi connectivity index (χ4v) is 2.71. The summed E-state index contributed by atoms with van der Waals surface area (Å²) in [7, 11) is 0. The third kappa shape index (κ3) is 3.79. The number of aryl methyl sites for hydroxylation is 2. The Morgan fingerprint density at radius 3 is 2.71 bits per heavy atom. The predicted molar refractivity (Wildman–Crippen MR) is 84.9 cm³/mol. The molecule has 0 aliphatic carbocycles. The van der Waals surface area contributed by atoms with Crippen molar-refractivity contribution in [1.82, 2.24) is 0 Å². The summed E-state index contributed by atoms with van der Waals surface area (Å²) >= 11 is 1.10. The molecular formula is C16H15NO3S. The van der Waals surface area contributed by atoms with Gasteiger partial charge in [-0.3, -0.25) is 4.79 Å². The summed E-state index contributed by atoms with van der Waals surface area (Å²) in [6, 6.07) is 7.75. The molecule has 2 aromatic rings. The molecule has 0 aliphatic heterocycles. The van der Waals surface area contributed by atoms with Crippen molar-refractivity contribution < 1.29 is 14.7 Å². The van der Waals surface area contributed by atoms with Gasteiger partial charge in [0.15, 0.2) is 0 Å². The average molecular weight is 301 g/mol. The Hall–Kier alpha value is -2.40. The minimum absolute atomic E-state index is 0.143. The minimum Gasteiger partial charge on any atom is -0.477 e. The lowest BCUT2D eigenvalue weighted by Gasteiger charge is -2.03. The number of hydrogen-bond donors (Lipinski definition) is 2. The molecule has 5 heteroatoms. The lowest BCUT2D eigenvalue weighted by molar-refractivity contribution is -0.111. The third-order valence-corrected chi connectivity index (χ3v) is 3.97. The first-order chi connectivity index (χ1) is 9.97. The maximum Gasteiger partial charge on any atom is 0.348 e. The average Bonchev–Trinajstić information content (AvgIpc) is 2.78. The number of hydrogen-bond acceptors (Lipinski definition) is 3. The van der Waals surface area contributed by atoms with E-state index in [1.165, 1.54) is 6.08 Å². The van der Waals surface area contributed by atoms with Crippen LogP contribution in [-0.4, -0.2) is 17.0 Å². The van der Waals surface area contributed by atoms with Gasteiger partial charge >= 0.3 is 5.97 Å². The normalized spacial score (nSPS) is 10.8. The fourth-order valence-electron chi connectivity index (χ4n) is 1.87. The molecule has 21 heavy (non-hydrogen) atoms. The first-order valence-corrected chi connectivity index (χ1v) is 7.22. The number of carboxylic acid groups (broad SMARTS) is 1. The monoisotopic (exact) mass is 301 g/mol. The van der Waals surface area contributed by atoms with Crippen LogP contribution in [0.15, 0.2) is 35.7 Å². The molecule has 0 atom stereocenters. The Balaban J connectivity index is 2.12. The van der Waals surface area contributed by atoms with Crippen molar-refractivity contribution in [2.45, 2.75) is 13.8 Å². The van der Waals surface area contributed by atoms with Crippen LogP contribution in [0.2, 0.25) is 0 Å². The topological polar surface area (TPSA) is 66.4 Å². The van der Waals surface area contributed by atoms with Crippen molar-refractivity contribution in [2.24, 2.45) is 0 Å². The van der Waals surface area contributed by atoms with E-state index in [1.54, 1.807) is 18.4 Å². The number of amides is 1. The zero-order valence-corrected chi connectivity index (χ0v) is 12.5. The van der Waals surface area contributed by atoms with E-state index in [1.807, 2.05) is 31.2 Å². The number of thiophene rings is 1. The SMILES string of the molecule is Cc1cccc(/C=C/C(=O)Nc2c(C)csc2C(=O)O)c1. The molecule has 0 aliphatic rings. The van der Waals surface area contributed by atoms with Crippen molar-refractivity contribution in [3.8, 4) is 0 Å². The molecule has 2 rings (SSSR count). The maximum atomic E-state index is 11.9. The molecule has 1 amide bonds. The number of carboxylic acids is 1. The largest absolute Gasteiger partial charge is 0.477 e. The van der Waals surface area contributed by atoms with Gasteiger partial charge in [0, 0.05) is 6.08 Å². The first-order valence-electron chi connectivity index (χ1n) is 6.34. The zero-order valence-electron chi connectivity index (χ0n) is 11.7. The molecule has 108 valence electrons. The van der Waals surface area contributed by atoms with E-state index in [0.717, 1.165) is 28.0 Å². The second kappa shape index (κ2) is 6.37. The molecule has 0 fully saturated rings. The highest BCUT2D eigenvalue weighted by Gasteiger charge is 2.16. The zero-order chi connectivity index (χ0) is 15.4. The fraction of sp³-hybridized carbons (Fsp3) is 0.125. The van der Waals surface area contributed by atoms with Crippen LogP contribution >= 0.6 is 11.3 Å². The number of carbonyl (C=O) groups excluding carboxylic acids is 1. The number of carbonyl (C=O) groups is 2. The molecule has 0 bridgehead atoms. The van der Waals surface area contributed by atoms with Crippen molar-refractivity contribution in [1.29, 1.82) is 0 Å². The molecule has 1 aromatic carbocycles. The lowest BCUT2D eigenvalue weighted by atomic mass is 10.1. The van der Waals surface area contributed by atoms with Crippen molar-refractivity contribution in [3.05, 3.63) is 57.3 Å². The Kier molecular flexibility index (Phi) is 4.55. The molecular weight excluding hydrogens is 286 g/mol. The molecule has 0 radical (unpaired) electrons. The molecule has 4 nitrogen and oxygen atoms in total. The second-order valence-corrected chi connectivity index (χ2v) is 5.54. The molecule has 0 saturated heterocycles. The van der Waals surface area contributed by atoms with Gasteiger partial charge in [-0.2, -0.15) is 0 Å². The van der Waals surface area contributed by atoms with Crippen LogP contribution in [0.3, 0.4) is 0 Å². The van der Waals surface area contributed by atoms with Crippen LogP contribution in [0.5, 0.6) is 0 Å². The first kappa shape index (κ1) is 15.0. The van der Waals surface area contributed by atoms with Gasteiger partial charge in [0.05, 0.1) is 5.69 Å². The van der Waals surface area contributed by atoms with E-state index in [2.05, 4.69) is 5.32 Å². The summed E-state index contributed by atoms with van der Waals surface area (Å²) in [5.74, 6) is -1.38. The third-order valence-electron chi connectivity index (χ3n) is 2.89. The Morgan fingerprint density at radius 2 is 2.05 bits per heavy atom. The van der Waals surface area contributed by atoms with Crippen molar-refractivity contribution >= 4 is 35.0 Å². The van der Waals surface area contributed by atoms with Gasteiger partial charge in [0.2, 0.25) is 5.91 Å². The van der Waals surface area contributed by atoms with E-state index < -0.39 is 5.97 Å². The summed E-state index contributed by atoms with van der Waals surface area (Å²) < 4.78 is 0. The van der Waals surface area contributed by atoms with E-state index in [0.29, 0.717) is 5.69 Å². The van der Waals surface area contributed by atoms with Gasteiger partial charge in [-0.05, 0) is 36.4 Å². The van der Waals surface area contributed by atoms with Gasteiger partial charge in [0.1, 0.15) is 4.88 Å². The molecule has 1 heterocycles. The Bertz CT molecular complexity index is 716. The number of nitrogens with one attached hydrogen (secondary N) is 1. The van der Waals surface area contributed by atoms with Crippen LogP contribution in [0.4, 0.5) is 5.69 Å². The highest BCUT2D eigenvalue weighted by Crippen LogP contribution is 2.27. The van der Waals surface area contributed by atoms with Crippen molar-refractivity contribution in [3.63, 3.8) is 0 Å². The van der Waals surface area contributed by atoms with Gasteiger partial charge in [-0.25, -0.2) is 4.79 Å². The summed E-state index contributed by atoms with van der Waals surface area (Å²) in [5, 5.41) is 13.4. The highest BCUT2D eigenvalue weighted by atomic mass is 32.1. The van der Waals surface area contributed by atoms with Crippen LogP contribution in [0.1, 0.15) is 26.4 Å². The lowest BCUT2D eigenvalue weighted by Crippen LogP contribution is -2.11. The standard InChI is InChI=1S/C16H15NO3S/c1-10-4-3-5-12(8-10)6-7-13(18)17-14-11(2)9-21-15(14)16(19)20/h3-9H,1-2H3,(H,17,18)(H,19,20)/b7-6+. The predicted octanol–water partition coefficient (Wildman–Crippen LogP) is 3.72. The number of benzene rings is 1. The summed E-state index contributed by atoms with van der Waals surface area (Å²) in [5.41, 5.74) is 3.14. The van der Waals surface area contributed by atoms with Gasteiger partial charge in [-0.1, -0.05) is 29.8 Å². The van der Waals surface area contributed by atoms with E-state index in [-0.39, 0.29) is 10.8 Å². The smallest absolute Gasteiger partial charge is 0.348 e. The number of aromatic carboxylic acids is 1. The van der Waals surface area contributed by atoms with Crippen LogP contribution in [-0.2, 0) is 4.79 Å². The molecule has 0 saturated carbocycles. The molecule has 0 spiro atoms. The van der Waals surface area contributed by atoms with Crippen molar-refractivity contribution in [2.75, 3.05) is 5.32 Å². The number of rotatable bonds is 4. The summed E-state index contributed by atoms with van der Waals surface area (Å²) in [6.45, 7) is 3.74. The quantitative estimate of drug-likeness (QED) is 0.846. The van der Waals surface area contributed by atoms with E-state index in [9.17, 15) is 9.59 Å². The highest BCUT2D eigenvalue weighted by molar-refractivity contribution is 7.12. The second-order valence-electron chi connectivity index (χ2n) is 4.66. The van der Waals surface area contributed by atoms with Crippen LogP contribution in [0, 0.1) is 13.8 Å². The summed E-state index contributed by atoms with van der Waals surface area (Å²) in [4.78, 5) is 23.1. The minimum atomic E-state index is -1.04. The molecule has 2 N–H and O–H groups in total. The number of anilines is 1. The Morgan fingerprint density at radius 1 is 1.29 bits per heavy atom. The van der Waals surface area contributed by atoms with Gasteiger partial charge in [-0.15, -0.1) is 11.3 Å². The van der Waals surface area contributed by atoms with E-state index in [4.69, 9.17) is 5.11 Å². The van der Waals surface area contributed by atoms with Gasteiger partial charge < -0.3 is 10.4 Å².